The van der Waals surface area contributed by atoms with Gasteiger partial charge in [0.05, 0.1) is 0 Å². The molecule has 4 nitrogen and oxygen atoms in total. The van der Waals surface area contributed by atoms with Gasteiger partial charge >= 0.3 is 6.03 Å². The molecular weight excluding hydrogens is 358 g/mol. The van der Waals surface area contributed by atoms with Crippen LogP contribution in [0.2, 0.25) is 5.02 Å². The van der Waals surface area contributed by atoms with Gasteiger partial charge in [-0.05, 0) is 69.1 Å². The second kappa shape index (κ2) is 10.3. The molecule has 1 aliphatic heterocycles. The highest BCUT2D eigenvalue weighted by Crippen LogP contribution is 2.28. The number of likely N-dealkylation sites (tertiary alicyclic amines) is 1. The lowest BCUT2D eigenvalue weighted by atomic mass is 10.1. The first-order valence-electron chi connectivity index (χ1n) is 9.84. The zero-order valence-corrected chi connectivity index (χ0v) is 16.5. The van der Waals surface area contributed by atoms with Crippen molar-refractivity contribution < 1.29 is 4.79 Å². The van der Waals surface area contributed by atoms with Gasteiger partial charge in [0.25, 0.3) is 0 Å². The van der Waals surface area contributed by atoms with Crippen LogP contribution < -0.4 is 10.6 Å². The maximum absolute atomic E-state index is 12.0. The van der Waals surface area contributed by atoms with E-state index in [0.717, 1.165) is 41.2 Å². The minimum atomic E-state index is -0.154. The Morgan fingerprint density at radius 1 is 0.963 bits per heavy atom. The van der Waals surface area contributed by atoms with Gasteiger partial charge in [-0.3, -0.25) is 0 Å². The van der Waals surface area contributed by atoms with Crippen LogP contribution in [-0.2, 0) is 0 Å². The summed E-state index contributed by atoms with van der Waals surface area (Å²) in [6.45, 7) is 4.32. The number of halogens is 1. The SMILES string of the molecule is O=C(NCCCCN1CCCCC1)Nc1ccc(-c2ccccc2Cl)cc1. The van der Waals surface area contributed by atoms with Crippen LogP contribution in [0.15, 0.2) is 48.5 Å². The second-order valence-electron chi connectivity index (χ2n) is 7.05. The molecule has 0 aliphatic carbocycles. The smallest absolute Gasteiger partial charge is 0.319 e. The first-order chi connectivity index (χ1) is 13.2. The molecule has 1 heterocycles. The predicted molar refractivity (Wildman–Crippen MR) is 113 cm³/mol. The number of hydrogen-bond donors (Lipinski definition) is 2. The van der Waals surface area contributed by atoms with Crippen molar-refractivity contribution in [2.45, 2.75) is 32.1 Å². The van der Waals surface area contributed by atoms with Crippen LogP contribution in [0.4, 0.5) is 10.5 Å². The van der Waals surface area contributed by atoms with Gasteiger partial charge in [-0.25, -0.2) is 4.79 Å². The molecule has 0 bridgehead atoms. The van der Waals surface area contributed by atoms with Crippen LogP contribution in [0.25, 0.3) is 11.1 Å². The first kappa shape index (κ1) is 19.7. The third kappa shape index (κ3) is 6.26. The lowest BCUT2D eigenvalue weighted by Crippen LogP contribution is -2.32. The van der Waals surface area contributed by atoms with E-state index in [4.69, 9.17) is 11.6 Å². The van der Waals surface area contributed by atoms with E-state index in [2.05, 4.69) is 15.5 Å². The molecule has 0 unspecified atom stereocenters. The number of piperidine rings is 1. The molecule has 0 atom stereocenters. The highest BCUT2D eigenvalue weighted by Gasteiger charge is 2.09. The highest BCUT2D eigenvalue weighted by atomic mass is 35.5. The molecule has 144 valence electrons. The van der Waals surface area contributed by atoms with Crippen molar-refractivity contribution in [1.29, 1.82) is 0 Å². The van der Waals surface area contributed by atoms with Gasteiger partial charge in [0.15, 0.2) is 0 Å². The lowest BCUT2D eigenvalue weighted by molar-refractivity contribution is 0.224. The molecule has 2 aromatic carbocycles. The second-order valence-corrected chi connectivity index (χ2v) is 7.45. The quantitative estimate of drug-likeness (QED) is 0.627. The molecule has 2 aromatic rings. The number of carbonyl (C=O) groups is 1. The lowest BCUT2D eigenvalue weighted by Gasteiger charge is -2.26. The third-order valence-corrected chi connectivity index (χ3v) is 5.29. The normalized spacial score (nSPS) is 14.7. The number of hydrogen-bond acceptors (Lipinski definition) is 2. The van der Waals surface area contributed by atoms with Gasteiger partial charge in [-0.1, -0.05) is 48.4 Å². The molecule has 0 aromatic heterocycles. The summed E-state index contributed by atoms with van der Waals surface area (Å²) in [5, 5.41) is 6.54. The zero-order chi connectivity index (χ0) is 18.9. The molecule has 27 heavy (non-hydrogen) atoms. The van der Waals surface area contributed by atoms with Gasteiger partial charge in [0.1, 0.15) is 0 Å². The summed E-state index contributed by atoms with van der Waals surface area (Å²) in [7, 11) is 0. The molecule has 2 amide bonds. The Balaban J connectivity index is 1.37. The number of nitrogens with one attached hydrogen (secondary N) is 2. The van der Waals surface area contributed by atoms with E-state index < -0.39 is 0 Å². The Hall–Kier alpha value is -2.04. The number of urea groups is 1. The summed E-state index contributed by atoms with van der Waals surface area (Å²) in [4.78, 5) is 14.6. The monoisotopic (exact) mass is 385 g/mol. The van der Waals surface area contributed by atoms with E-state index in [0.29, 0.717) is 6.54 Å². The summed E-state index contributed by atoms with van der Waals surface area (Å²) in [5.74, 6) is 0. The van der Waals surface area contributed by atoms with Crippen molar-refractivity contribution in [2.75, 3.05) is 31.5 Å². The largest absolute Gasteiger partial charge is 0.338 e. The van der Waals surface area contributed by atoms with Crippen LogP contribution in [0.1, 0.15) is 32.1 Å². The Kier molecular flexibility index (Phi) is 7.55. The van der Waals surface area contributed by atoms with Crippen LogP contribution in [-0.4, -0.2) is 37.1 Å². The first-order valence-corrected chi connectivity index (χ1v) is 10.2. The van der Waals surface area contributed by atoms with Crippen LogP contribution >= 0.6 is 11.6 Å². The van der Waals surface area contributed by atoms with Crippen LogP contribution in [0.3, 0.4) is 0 Å². The molecule has 2 N–H and O–H groups in total. The van der Waals surface area contributed by atoms with Crippen molar-refractivity contribution in [3.63, 3.8) is 0 Å². The molecule has 1 saturated heterocycles. The van der Waals surface area contributed by atoms with Crippen molar-refractivity contribution in [1.82, 2.24) is 10.2 Å². The fraction of sp³-hybridized carbons (Fsp3) is 0.409. The fourth-order valence-electron chi connectivity index (χ4n) is 3.45. The number of carbonyl (C=O) groups excluding carboxylic acids is 1. The number of nitrogens with zero attached hydrogens (tertiary/aromatic N) is 1. The molecule has 0 saturated carbocycles. The van der Waals surface area contributed by atoms with E-state index in [1.807, 2.05) is 48.5 Å². The average molecular weight is 386 g/mol. The Bertz CT molecular complexity index is 727. The number of rotatable bonds is 7. The average Bonchev–Trinajstić information content (AvgIpc) is 2.70. The Morgan fingerprint density at radius 2 is 1.70 bits per heavy atom. The minimum Gasteiger partial charge on any atom is -0.338 e. The highest BCUT2D eigenvalue weighted by molar-refractivity contribution is 6.33. The van der Waals surface area contributed by atoms with Crippen molar-refractivity contribution in [3.05, 3.63) is 53.6 Å². The number of unbranched alkanes of at least 4 members (excludes halogenated alkanes) is 1. The van der Waals surface area contributed by atoms with E-state index in [1.54, 1.807) is 0 Å². The van der Waals surface area contributed by atoms with E-state index in [-0.39, 0.29) is 6.03 Å². The number of amides is 2. The maximum atomic E-state index is 12.0. The van der Waals surface area contributed by atoms with Crippen molar-refractivity contribution in [3.8, 4) is 11.1 Å². The van der Waals surface area contributed by atoms with Gasteiger partial charge in [0, 0.05) is 22.8 Å². The Labute approximate surface area is 166 Å². The number of benzene rings is 2. The van der Waals surface area contributed by atoms with Gasteiger partial charge in [-0.15, -0.1) is 0 Å². The molecule has 0 spiro atoms. The summed E-state index contributed by atoms with van der Waals surface area (Å²) in [6, 6.07) is 15.3. The van der Waals surface area contributed by atoms with Crippen molar-refractivity contribution in [2.24, 2.45) is 0 Å². The van der Waals surface area contributed by atoms with E-state index in [9.17, 15) is 4.79 Å². The molecular formula is C22H28ClN3O. The molecule has 1 fully saturated rings. The molecule has 3 rings (SSSR count). The Morgan fingerprint density at radius 3 is 2.44 bits per heavy atom. The van der Waals surface area contributed by atoms with E-state index in [1.165, 1.54) is 32.4 Å². The van der Waals surface area contributed by atoms with Gasteiger partial charge in [-0.2, -0.15) is 0 Å². The predicted octanol–water partition coefficient (Wildman–Crippen LogP) is 5.39. The standard InChI is InChI=1S/C22H28ClN3O/c23-21-9-3-2-8-20(21)18-10-12-19(13-11-18)25-22(27)24-14-4-7-17-26-15-5-1-6-16-26/h2-3,8-13H,1,4-7,14-17H2,(H2,24,25,27). The maximum Gasteiger partial charge on any atom is 0.319 e. The zero-order valence-electron chi connectivity index (χ0n) is 15.7. The third-order valence-electron chi connectivity index (χ3n) is 4.96. The van der Waals surface area contributed by atoms with Crippen LogP contribution in [0, 0.1) is 0 Å². The van der Waals surface area contributed by atoms with Gasteiger partial charge < -0.3 is 15.5 Å². The topological polar surface area (TPSA) is 44.4 Å². The summed E-state index contributed by atoms with van der Waals surface area (Å²) >= 11 is 6.23. The molecule has 0 radical (unpaired) electrons. The van der Waals surface area contributed by atoms with Gasteiger partial charge in [0.2, 0.25) is 0 Å². The minimum absolute atomic E-state index is 0.154. The van der Waals surface area contributed by atoms with E-state index >= 15 is 0 Å². The molecule has 5 heteroatoms. The van der Waals surface area contributed by atoms with Crippen LogP contribution in [0.5, 0.6) is 0 Å². The summed E-state index contributed by atoms with van der Waals surface area (Å²) in [5.41, 5.74) is 2.80. The number of anilines is 1. The summed E-state index contributed by atoms with van der Waals surface area (Å²) < 4.78 is 0. The fourth-order valence-corrected chi connectivity index (χ4v) is 3.69. The molecule has 1 aliphatic rings. The van der Waals surface area contributed by atoms with Crippen molar-refractivity contribution >= 4 is 23.3 Å². The summed E-state index contributed by atoms with van der Waals surface area (Å²) in [6.07, 6.45) is 6.17.